The maximum absolute atomic E-state index is 12.1. The Morgan fingerprint density at radius 1 is 1.28 bits per heavy atom. The average molecular weight is 246 g/mol. The molecule has 0 N–H and O–H groups in total. The van der Waals surface area contributed by atoms with Gasteiger partial charge >= 0.3 is 5.97 Å². The minimum Gasteiger partial charge on any atom is -0.469 e. The van der Waals surface area contributed by atoms with E-state index in [1.165, 1.54) is 7.11 Å². The third-order valence-electron chi connectivity index (χ3n) is 3.98. The SMILES string of the molecule is COC(=O)C1(C(C=O)c2ccccc2)CCCC1. The van der Waals surface area contributed by atoms with Gasteiger partial charge in [-0.25, -0.2) is 0 Å². The predicted octanol–water partition coefficient (Wildman–Crippen LogP) is 2.70. The van der Waals surface area contributed by atoms with Crippen molar-refractivity contribution in [3.05, 3.63) is 35.9 Å². The second-order valence-corrected chi connectivity index (χ2v) is 4.88. The van der Waals surface area contributed by atoms with Gasteiger partial charge in [0.05, 0.1) is 18.4 Å². The molecule has 3 nitrogen and oxygen atoms in total. The topological polar surface area (TPSA) is 43.4 Å². The molecule has 0 spiro atoms. The van der Waals surface area contributed by atoms with Gasteiger partial charge in [-0.3, -0.25) is 4.79 Å². The molecule has 2 rings (SSSR count). The highest BCUT2D eigenvalue weighted by molar-refractivity contribution is 5.84. The maximum atomic E-state index is 12.1. The van der Waals surface area contributed by atoms with E-state index < -0.39 is 11.3 Å². The number of hydrogen-bond acceptors (Lipinski definition) is 3. The third kappa shape index (κ3) is 2.05. The molecule has 1 fully saturated rings. The van der Waals surface area contributed by atoms with Crippen LogP contribution >= 0.6 is 0 Å². The van der Waals surface area contributed by atoms with E-state index in [2.05, 4.69) is 0 Å². The summed E-state index contributed by atoms with van der Waals surface area (Å²) in [5.41, 5.74) is 0.248. The smallest absolute Gasteiger partial charge is 0.312 e. The molecule has 3 heteroatoms. The summed E-state index contributed by atoms with van der Waals surface area (Å²) in [6.45, 7) is 0. The van der Waals surface area contributed by atoms with E-state index in [1.54, 1.807) is 0 Å². The van der Waals surface area contributed by atoms with Crippen molar-refractivity contribution in [2.24, 2.45) is 5.41 Å². The van der Waals surface area contributed by atoms with Crippen molar-refractivity contribution in [2.45, 2.75) is 31.6 Å². The zero-order valence-corrected chi connectivity index (χ0v) is 10.6. The standard InChI is InChI=1S/C15H18O3/c1-18-14(17)15(9-5-6-10-15)13(11-16)12-7-3-2-4-8-12/h2-4,7-8,11,13H,5-6,9-10H2,1H3. The number of hydrogen-bond donors (Lipinski definition) is 0. The zero-order chi connectivity index (χ0) is 13.0. The molecule has 1 aromatic carbocycles. The van der Waals surface area contributed by atoms with Gasteiger partial charge in [0.2, 0.25) is 0 Å². The molecule has 96 valence electrons. The first kappa shape index (κ1) is 12.8. The van der Waals surface area contributed by atoms with Crippen LogP contribution in [0, 0.1) is 5.41 Å². The molecule has 1 aliphatic rings. The lowest BCUT2D eigenvalue weighted by atomic mass is 9.71. The highest BCUT2D eigenvalue weighted by atomic mass is 16.5. The van der Waals surface area contributed by atoms with Crippen molar-refractivity contribution in [3.63, 3.8) is 0 Å². The first-order valence-electron chi connectivity index (χ1n) is 6.33. The van der Waals surface area contributed by atoms with E-state index in [0.29, 0.717) is 0 Å². The fraction of sp³-hybridized carbons (Fsp3) is 0.467. The fourth-order valence-electron chi connectivity index (χ4n) is 3.04. The number of benzene rings is 1. The van der Waals surface area contributed by atoms with Crippen molar-refractivity contribution >= 4 is 12.3 Å². The van der Waals surface area contributed by atoms with Gasteiger partial charge in [0.15, 0.2) is 0 Å². The van der Waals surface area contributed by atoms with Crippen LogP contribution < -0.4 is 0 Å². The quantitative estimate of drug-likeness (QED) is 0.606. The summed E-state index contributed by atoms with van der Waals surface area (Å²) in [5, 5.41) is 0. The Morgan fingerprint density at radius 3 is 2.39 bits per heavy atom. The number of aldehydes is 1. The van der Waals surface area contributed by atoms with Crippen LogP contribution in [0.25, 0.3) is 0 Å². The lowest BCUT2D eigenvalue weighted by molar-refractivity contribution is -0.155. The minimum atomic E-state index is -0.655. The lowest BCUT2D eigenvalue weighted by Gasteiger charge is -2.31. The van der Waals surface area contributed by atoms with Gasteiger partial charge in [-0.1, -0.05) is 43.2 Å². The van der Waals surface area contributed by atoms with Gasteiger partial charge in [0.25, 0.3) is 0 Å². The van der Waals surface area contributed by atoms with Crippen LogP contribution in [0.2, 0.25) is 0 Å². The molecular weight excluding hydrogens is 228 g/mol. The van der Waals surface area contributed by atoms with Crippen LogP contribution in [0.5, 0.6) is 0 Å². The maximum Gasteiger partial charge on any atom is 0.312 e. The van der Waals surface area contributed by atoms with Gasteiger partial charge in [0.1, 0.15) is 6.29 Å². The van der Waals surface area contributed by atoms with Crippen LogP contribution in [0.15, 0.2) is 30.3 Å². The van der Waals surface area contributed by atoms with Gasteiger partial charge in [-0.2, -0.15) is 0 Å². The molecule has 0 amide bonds. The van der Waals surface area contributed by atoms with E-state index in [-0.39, 0.29) is 5.97 Å². The number of rotatable bonds is 4. The second-order valence-electron chi connectivity index (χ2n) is 4.88. The minimum absolute atomic E-state index is 0.249. The average Bonchev–Trinajstić information content (AvgIpc) is 2.90. The summed E-state index contributed by atoms with van der Waals surface area (Å²) < 4.78 is 4.94. The van der Waals surface area contributed by atoms with Crippen molar-refractivity contribution in [1.29, 1.82) is 0 Å². The van der Waals surface area contributed by atoms with Crippen molar-refractivity contribution in [3.8, 4) is 0 Å². The third-order valence-corrected chi connectivity index (χ3v) is 3.98. The molecule has 0 radical (unpaired) electrons. The number of esters is 1. The Labute approximate surface area is 107 Å². The van der Waals surface area contributed by atoms with E-state index in [0.717, 1.165) is 37.5 Å². The summed E-state index contributed by atoms with van der Waals surface area (Å²) >= 11 is 0. The van der Waals surface area contributed by atoms with Crippen LogP contribution in [0.1, 0.15) is 37.2 Å². The van der Waals surface area contributed by atoms with Crippen molar-refractivity contribution < 1.29 is 14.3 Å². The van der Waals surface area contributed by atoms with Crippen molar-refractivity contribution in [2.75, 3.05) is 7.11 Å². The van der Waals surface area contributed by atoms with Gasteiger partial charge in [0, 0.05) is 0 Å². The van der Waals surface area contributed by atoms with Gasteiger partial charge < -0.3 is 9.53 Å². The van der Waals surface area contributed by atoms with Crippen molar-refractivity contribution in [1.82, 2.24) is 0 Å². The Hall–Kier alpha value is -1.64. The molecule has 1 unspecified atom stereocenters. The lowest BCUT2D eigenvalue weighted by Crippen LogP contribution is -2.36. The molecule has 0 aromatic heterocycles. The van der Waals surface area contributed by atoms with Crippen LogP contribution in [-0.2, 0) is 14.3 Å². The van der Waals surface area contributed by atoms with Crippen LogP contribution in [0.3, 0.4) is 0 Å². The van der Waals surface area contributed by atoms with Gasteiger partial charge in [-0.15, -0.1) is 0 Å². The number of methoxy groups -OCH3 is 1. The van der Waals surface area contributed by atoms with E-state index in [4.69, 9.17) is 4.74 Å². The number of carbonyl (C=O) groups excluding carboxylic acids is 2. The molecule has 0 saturated heterocycles. The fourth-order valence-corrected chi connectivity index (χ4v) is 3.04. The highest BCUT2D eigenvalue weighted by Gasteiger charge is 2.49. The Morgan fingerprint density at radius 2 is 1.89 bits per heavy atom. The molecular formula is C15H18O3. The molecule has 1 aliphatic carbocycles. The van der Waals surface area contributed by atoms with Crippen LogP contribution in [0.4, 0.5) is 0 Å². The Bertz CT molecular complexity index is 419. The first-order valence-corrected chi connectivity index (χ1v) is 6.33. The molecule has 1 saturated carbocycles. The monoisotopic (exact) mass is 246 g/mol. The Kier molecular flexibility index (Phi) is 3.80. The first-order chi connectivity index (χ1) is 8.74. The van der Waals surface area contributed by atoms with Crippen LogP contribution in [-0.4, -0.2) is 19.4 Å². The van der Waals surface area contributed by atoms with E-state index >= 15 is 0 Å². The zero-order valence-electron chi connectivity index (χ0n) is 10.6. The Balaban J connectivity index is 2.40. The highest BCUT2D eigenvalue weighted by Crippen LogP contribution is 2.48. The molecule has 1 atom stereocenters. The van der Waals surface area contributed by atoms with E-state index in [1.807, 2.05) is 30.3 Å². The molecule has 18 heavy (non-hydrogen) atoms. The number of carbonyl (C=O) groups is 2. The normalized spacial score (nSPS) is 19.2. The second kappa shape index (κ2) is 5.34. The summed E-state index contributed by atoms with van der Waals surface area (Å²) in [6, 6.07) is 9.51. The number of ether oxygens (including phenoxy) is 1. The predicted molar refractivity (Wildman–Crippen MR) is 68.2 cm³/mol. The summed E-state index contributed by atoms with van der Waals surface area (Å²) in [7, 11) is 1.40. The largest absolute Gasteiger partial charge is 0.469 e. The molecule has 0 heterocycles. The summed E-state index contributed by atoms with van der Waals surface area (Å²) in [6.07, 6.45) is 4.33. The summed E-state index contributed by atoms with van der Waals surface area (Å²) in [5.74, 6) is -0.644. The van der Waals surface area contributed by atoms with Gasteiger partial charge in [-0.05, 0) is 18.4 Å². The molecule has 0 aliphatic heterocycles. The molecule has 0 bridgehead atoms. The molecule has 1 aromatic rings. The summed E-state index contributed by atoms with van der Waals surface area (Å²) in [4.78, 5) is 23.6. The van der Waals surface area contributed by atoms with E-state index in [9.17, 15) is 9.59 Å².